The van der Waals surface area contributed by atoms with Gasteiger partial charge >= 0.3 is 0 Å². The number of imidazole rings is 2. The summed E-state index contributed by atoms with van der Waals surface area (Å²) >= 11 is 0. The minimum atomic E-state index is -0.367. The predicted octanol–water partition coefficient (Wildman–Crippen LogP) is 13.1. The van der Waals surface area contributed by atoms with Crippen molar-refractivity contribution in [1.82, 2.24) is 74.7 Å². The third kappa shape index (κ3) is 13.0. The van der Waals surface area contributed by atoms with Gasteiger partial charge in [0.05, 0.1) is 52.4 Å². The van der Waals surface area contributed by atoms with E-state index in [-0.39, 0.29) is 17.0 Å². The van der Waals surface area contributed by atoms with Crippen molar-refractivity contribution in [3.63, 3.8) is 0 Å². The zero-order valence-electron chi connectivity index (χ0n) is 50.2. The zero-order chi connectivity index (χ0) is 60.4. The fourth-order valence-corrected chi connectivity index (χ4v) is 11.1. The minimum Gasteiger partial charge on any atom is -0.358 e. The number of aromatic nitrogens is 13. The Labute approximate surface area is 499 Å². The Morgan fingerprint density at radius 2 is 1.41 bits per heavy atom. The number of fused-ring (bicyclic) bond motifs is 3. The Morgan fingerprint density at radius 1 is 0.709 bits per heavy atom. The zero-order valence-corrected chi connectivity index (χ0v) is 50.2. The number of rotatable bonds is 22. The van der Waals surface area contributed by atoms with Gasteiger partial charge in [0.25, 0.3) is 0 Å². The molecule has 0 aliphatic heterocycles. The summed E-state index contributed by atoms with van der Waals surface area (Å²) in [7, 11) is 10.1. The fourth-order valence-electron chi connectivity index (χ4n) is 11.1. The molecule has 0 amide bonds. The standard InChI is InChI=1S/C67H71F2N17/c1-12-15-52(60-41(3)76-65(77-60)62-54-30-56(73-37-58(54)80-81-62)48-29-51(36-71-35-48)75-40(2)32-67(4,5)6)45-22-43(26-49(68)27-45)17-14-21-85(11)86-59-38-74-57(47-24-44(33-70-34-47)39-84(9)10)31-55(59)63(82-86)66-78-61-53(18-19-72-64(61)79-66)46-23-42(25-50(69)28-46)16-13-20-83(7)8/h12,15,18-19,22-31,33-38,75H,1-2,13-14,16-17,20-21,32,39H2,3-11H3,(H,76,77)(H,80,81)(H,72,78,79)/b52-15-. The molecule has 19 heteroatoms. The quantitative estimate of drug-likeness (QED) is 0.0470. The van der Waals surface area contributed by atoms with Crippen LogP contribution < -0.4 is 10.3 Å². The summed E-state index contributed by atoms with van der Waals surface area (Å²) in [6, 6.07) is 20.3. The monoisotopic (exact) mass is 1150 g/mol. The van der Waals surface area contributed by atoms with E-state index in [9.17, 15) is 0 Å². The van der Waals surface area contributed by atoms with Crippen LogP contribution in [0.2, 0.25) is 0 Å². The Kier molecular flexibility index (Phi) is 16.6. The lowest BCUT2D eigenvalue weighted by Gasteiger charge is -2.20. The lowest BCUT2D eigenvalue weighted by molar-refractivity contribution is 0.400. The molecule has 9 heterocycles. The highest BCUT2D eigenvalue weighted by atomic mass is 19.1. The number of hydrogen-bond acceptors (Lipinski definition) is 13. The second-order valence-corrected chi connectivity index (χ2v) is 23.9. The van der Waals surface area contributed by atoms with Gasteiger partial charge in [0.2, 0.25) is 0 Å². The van der Waals surface area contributed by atoms with Crippen LogP contribution in [0.1, 0.15) is 73.7 Å². The predicted molar refractivity (Wildman–Crippen MR) is 341 cm³/mol. The Balaban J connectivity index is 0.858. The summed E-state index contributed by atoms with van der Waals surface area (Å²) in [5.74, 6) is 0.373. The number of allylic oxidation sites excluding steroid dienone is 3. The Hall–Kier alpha value is -9.59. The summed E-state index contributed by atoms with van der Waals surface area (Å²) in [6.07, 6.45) is 19.7. The molecule has 4 N–H and O–H groups in total. The van der Waals surface area contributed by atoms with Crippen LogP contribution in [0.5, 0.6) is 0 Å². The van der Waals surface area contributed by atoms with Crippen molar-refractivity contribution in [2.45, 2.75) is 66.3 Å². The molecule has 0 atom stereocenters. The van der Waals surface area contributed by atoms with Crippen molar-refractivity contribution in [1.29, 1.82) is 0 Å². The van der Waals surface area contributed by atoms with Crippen LogP contribution >= 0.6 is 0 Å². The van der Waals surface area contributed by atoms with Gasteiger partial charge in [-0.3, -0.25) is 30.0 Å². The molecule has 0 spiro atoms. The molecular weight excluding hydrogens is 1080 g/mol. The molecule has 0 radical (unpaired) electrons. The van der Waals surface area contributed by atoms with Crippen molar-refractivity contribution in [2.24, 2.45) is 5.41 Å². The van der Waals surface area contributed by atoms with Gasteiger partial charge in [0.1, 0.15) is 28.5 Å². The van der Waals surface area contributed by atoms with Gasteiger partial charge in [-0.05, 0) is 162 Å². The highest BCUT2D eigenvalue weighted by molar-refractivity contribution is 5.98. The van der Waals surface area contributed by atoms with Crippen molar-refractivity contribution >= 4 is 44.2 Å². The smallest absolute Gasteiger partial charge is 0.178 e. The molecule has 11 rings (SSSR count). The second-order valence-electron chi connectivity index (χ2n) is 23.9. The third-order valence-corrected chi connectivity index (χ3v) is 14.8. The number of nitrogens with one attached hydrogen (secondary N) is 4. The van der Waals surface area contributed by atoms with E-state index < -0.39 is 0 Å². The molecule has 0 bridgehead atoms. The lowest BCUT2D eigenvalue weighted by atomic mass is 9.91. The molecule has 0 unspecified atom stereocenters. The number of benzene rings is 2. The maximum absolute atomic E-state index is 15.9. The number of halogens is 2. The van der Waals surface area contributed by atoms with Crippen LogP contribution in [0.3, 0.4) is 0 Å². The highest BCUT2D eigenvalue weighted by Crippen LogP contribution is 2.36. The first-order valence-corrected chi connectivity index (χ1v) is 28.8. The van der Waals surface area contributed by atoms with Crippen LogP contribution in [0.25, 0.3) is 95.2 Å². The van der Waals surface area contributed by atoms with Crippen molar-refractivity contribution in [3.8, 4) is 56.7 Å². The molecule has 0 saturated heterocycles. The summed E-state index contributed by atoms with van der Waals surface area (Å²) in [6.45, 7) is 18.9. The van der Waals surface area contributed by atoms with Crippen LogP contribution in [-0.2, 0) is 19.4 Å². The highest BCUT2D eigenvalue weighted by Gasteiger charge is 2.24. The number of pyridine rings is 5. The van der Waals surface area contributed by atoms with Crippen LogP contribution in [-0.4, -0.2) is 123 Å². The molecule has 0 saturated carbocycles. The first-order valence-electron chi connectivity index (χ1n) is 28.8. The van der Waals surface area contributed by atoms with E-state index >= 15 is 8.78 Å². The molecule has 11 aromatic rings. The van der Waals surface area contributed by atoms with Gasteiger partial charge < -0.3 is 25.1 Å². The molecule has 438 valence electrons. The van der Waals surface area contributed by atoms with E-state index in [1.807, 2.05) is 113 Å². The SMILES string of the molecule is C=C/C=C(/c1cc(F)cc(CCCN(C)n2nc(-c3nc4nccc(-c5cc(F)cc(CCCN(C)C)c5)c4[nH]3)c3cc(-c4cncc(CN(C)C)c4)ncc32)c1)c1nc(-c2n[nH]c3cnc(-c4cncc(NC(=C)CC(C)(C)C)c4)cc23)[nH]c1C. The van der Waals surface area contributed by atoms with E-state index in [1.165, 1.54) is 6.07 Å². The number of aryl methyl sites for hydroxylation is 3. The topological polar surface area (TPSA) is 190 Å². The summed E-state index contributed by atoms with van der Waals surface area (Å²) in [4.78, 5) is 46.6. The third-order valence-electron chi connectivity index (χ3n) is 14.8. The maximum atomic E-state index is 15.9. The lowest BCUT2D eigenvalue weighted by Crippen LogP contribution is -2.32. The Morgan fingerprint density at radius 3 is 2.16 bits per heavy atom. The summed E-state index contributed by atoms with van der Waals surface area (Å²) < 4.78 is 31.2. The van der Waals surface area contributed by atoms with Gasteiger partial charge in [0.15, 0.2) is 17.3 Å². The number of aromatic amines is 3. The number of hydrogen-bond donors (Lipinski definition) is 4. The van der Waals surface area contributed by atoms with Crippen molar-refractivity contribution < 1.29 is 8.78 Å². The molecule has 0 aliphatic rings. The first kappa shape index (κ1) is 58.2. The number of nitrogens with zero attached hydrogens (tertiary/aromatic N) is 13. The average Bonchev–Trinajstić information content (AvgIpc) is 2.09. The normalized spacial score (nSPS) is 12.2. The fraction of sp³-hybridized carbons (Fsp3) is 0.269. The maximum Gasteiger partial charge on any atom is 0.178 e. The van der Waals surface area contributed by atoms with Crippen LogP contribution in [0.15, 0.2) is 141 Å². The molecule has 86 heavy (non-hydrogen) atoms. The van der Waals surface area contributed by atoms with Crippen LogP contribution in [0.4, 0.5) is 14.5 Å². The minimum absolute atomic E-state index is 0.0822. The summed E-state index contributed by atoms with van der Waals surface area (Å²) in [5, 5.41) is 20.1. The second kappa shape index (κ2) is 24.6. The van der Waals surface area contributed by atoms with Gasteiger partial charge in [-0.15, -0.1) is 5.10 Å². The van der Waals surface area contributed by atoms with Gasteiger partial charge in [-0.25, -0.2) is 23.7 Å². The Bertz CT molecular complexity index is 4340. The molecular formula is C67H71F2N17. The molecule has 17 nitrogen and oxygen atoms in total. The van der Waals surface area contributed by atoms with Gasteiger partial charge in [0, 0.05) is 89.4 Å². The molecule has 9 aromatic heterocycles. The van der Waals surface area contributed by atoms with Crippen LogP contribution in [0, 0.1) is 24.0 Å². The van der Waals surface area contributed by atoms with E-state index in [4.69, 9.17) is 25.0 Å². The van der Waals surface area contributed by atoms with Crippen molar-refractivity contribution in [3.05, 3.63) is 186 Å². The largest absolute Gasteiger partial charge is 0.358 e. The van der Waals surface area contributed by atoms with Crippen molar-refractivity contribution in [2.75, 3.05) is 58.7 Å². The first-order chi connectivity index (χ1) is 41.3. The number of anilines is 1. The average molecular weight is 1150 g/mol. The van der Waals surface area contributed by atoms with Gasteiger partial charge in [-0.1, -0.05) is 58.2 Å². The molecule has 0 aliphatic carbocycles. The van der Waals surface area contributed by atoms with E-state index in [0.717, 1.165) is 122 Å². The number of H-pyrrole nitrogens is 3. The summed E-state index contributed by atoms with van der Waals surface area (Å²) in [5.41, 5.74) is 15.9. The van der Waals surface area contributed by atoms with E-state index in [1.54, 1.807) is 49.1 Å². The van der Waals surface area contributed by atoms with Gasteiger partial charge in [-0.2, -0.15) is 9.89 Å². The molecule has 2 aromatic carbocycles. The molecule has 0 fully saturated rings. The van der Waals surface area contributed by atoms with E-state index in [2.05, 4.69) is 90.2 Å². The van der Waals surface area contributed by atoms with E-state index in [0.29, 0.717) is 70.4 Å².